The molecule has 1 aliphatic heterocycles. The fraction of sp³-hybridized carbons (Fsp3) is 0.750. The van der Waals surface area contributed by atoms with Crippen LogP contribution in [-0.2, 0) is 4.74 Å². The average molecular weight is 308 g/mol. The molecule has 1 saturated heterocycles. The minimum atomic E-state index is -0.229. The van der Waals surface area contributed by atoms with E-state index in [0.29, 0.717) is 5.92 Å². The summed E-state index contributed by atoms with van der Waals surface area (Å²) >= 11 is 0. The number of rotatable bonds is 5. The van der Waals surface area contributed by atoms with E-state index < -0.39 is 0 Å². The zero-order valence-electron chi connectivity index (χ0n) is 14.1. The molecular weight excluding hydrogens is 280 g/mol. The second kappa shape index (κ2) is 7.13. The largest absolute Gasteiger partial charge is 0.379 e. The van der Waals surface area contributed by atoms with Crippen molar-refractivity contribution in [2.24, 2.45) is 0 Å². The number of likely N-dealkylation sites (tertiary alicyclic amines) is 1. The van der Waals surface area contributed by atoms with Crippen LogP contribution in [0.1, 0.15) is 51.6 Å². The maximum Gasteiger partial charge on any atom is 0.317 e. The molecule has 1 aliphatic rings. The molecule has 22 heavy (non-hydrogen) atoms. The predicted octanol–water partition coefficient (Wildman–Crippen LogP) is 2.50. The molecule has 0 aliphatic carbocycles. The smallest absolute Gasteiger partial charge is 0.317 e. The van der Waals surface area contributed by atoms with Crippen LogP contribution in [0, 0.1) is 0 Å². The molecule has 124 valence electrons. The molecule has 1 fully saturated rings. The number of hydrogen-bond donors (Lipinski definition) is 2. The minimum Gasteiger partial charge on any atom is -0.379 e. The Bertz CT molecular complexity index is 473. The number of methoxy groups -OCH3 is 1. The molecule has 2 rings (SSSR count). The van der Waals surface area contributed by atoms with Gasteiger partial charge in [-0.3, -0.25) is 5.10 Å². The lowest BCUT2D eigenvalue weighted by molar-refractivity contribution is 0.00906. The number of carbonyl (C=O) groups excluding carboxylic acids is 1. The van der Waals surface area contributed by atoms with Crippen molar-refractivity contribution >= 4 is 6.03 Å². The molecular formula is C16H28N4O2. The van der Waals surface area contributed by atoms with Crippen molar-refractivity contribution in [3.63, 3.8) is 0 Å². The highest BCUT2D eigenvalue weighted by molar-refractivity contribution is 5.74. The van der Waals surface area contributed by atoms with E-state index in [1.165, 1.54) is 0 Å². The summed E-state index contributed by atoms with van der Waals surface area (Å²) in [6.07, 6.45) is 4.67. The predicted molar refractivity (Wildman–Crippen MR) is 85.8 cm³/mol. The van der Waals surface area contributed by atoms with Gasteiger partial charge in [-0.05, 0) is 46.1 Å². The van der Waals surface area contributed by atoms with Crippen LogP contribution < -0.4 is 5.32 Å². The highest BCUT2D eigenvalue weighted by Gasteiger charge is 2.27. The number of piperidine rings is 1. The van der Waals surface area contributed by atoms with Gasteiger partial charge >= 0.3 is 6.03 Å². The first-order chi connectivity index (χ1) is 10.4. The average Bonchev–Trinajstić information content (AvgIpc) is 3.01. The van der Waals surface area contributed by atoms with E-state index in [9.17, 15) is 4.79 Å². The molecule has 2 heterocycles. The number of nitrogens with one attached hydrogen (secondary N) is 2. The lowest BCUT2D eigenvalue weighted by Crippen LogP contribution is -2.49. The first kappa shape index (κ1) is 16.8. The molecule has 0 spiro atoms. The van der Waals surface area contributed by atoms with Crippen LogP contribution in [0.3, 0.4) is 0 Å². The summed E-state index contributed by atoms with van der Waals surface area (Å²) in [7, 11) is 1.70. The van der Waals surface area contributed by atoms with Gasteiger partial charge in [-0.1, -0.05) is 0 Å². The standard InChI is InChI=1S/C16H28N4O2/c1-12(10-16(2,3)22-4)18-15(21)20-9-5-6-13(11-20)14-7-8-17-19-14/h7-8,12-13H,5-6,9-11H2,1-4H3,(H,17,19)(H,18,21)/t12-,13+/m0/s1. The van der Waals surface area contributed by atoms with E-state index in [2.05, 4.69) is 15.5 Å². The molecule has 0 saturated carbocycles. The molecule has 6 heteroatoms. The third-order valence-electron chi connectivity index (χ3n) is 4.39. The second-order valence-electron chi connectivity index (χ2n) is 6.82. The van der Waals surface area contributed by atoms with Gasteiger partial charge in [0.05, 0.1) is 5.60 Å². The zero-order chi connectivity index (χ0) is 16.2. The van der Waals surface area contributed by atoms with E-state index in [4.69, 9.17) is 4.74 Å². The number of carbonyl (C=O) groups is 1. The first-order valence-corrected chi connectivity index (χ1v) is 8.01. The Kier molecular flexibility index (Phi) is 5.45. The van der Waals surface area contributed by atoms with Crippen LogP contribution in [0.25, 0.3) is 0 Å². The number of ether oxygens (including phenoxy) is 1. The highest BCUT2D eigenvalue weighted by atomic mass is 16.5. The summed E-state index contributed by atoms with van der Waals surface area (Å²) in [5.74, 6) is 0.354. The quantitative estimate of drug-likeness (QED) is 0.878. The normalized spacial score (nSPS) is 20.7. The van der Waals surface area contributed by atoms with Crippen molar-refractivity contribution in [2.45, 2.75) is 57.6 Å². The molecule has 0 radical (unpaired) electrons. The molecule has 6 nitrogen and oxygen atoms in total. The van der Waals surface area contributed by atoms with Gasteiger partial charge in [0, 0.05) is 44.0 Å². The van der Waals surface area contributed by atoms with Crippen molar-refractivity contribution in [1.82, 2.24) is 20.4 Å². The Labute approximate surface area is 132 Å². The molecule has 0 aromatic carbocycles. The Morgan fingerprint density at radius 2 is 2.41 bits per heavy atom. The monoisotopic (exact) mass is 308 g/mol. The van der Waals surface area contributed by atoms with Crippen molar-refractivity contribution in [1.29, 1.82) is 0 Å². The van der Waals surface area contributed by atoms with E-state index in [0.717, 1.165) is 38.0 Å². The van der Waals surface area contributed by atoms with Gasteiger partial charge in [-0.15, -0.1) is 0 Å². The molecule has 2 amide bonds. The van der Waals surface area contributed by atoms with Crippen molar-refractivity contribution < 1.29 is 9.53 Å². The van der Waals surface area contributed by atoms with Crippen LogP contribution in [0.5, 0.6) is 0 Å². The first-order valence-electron chi connectivity index (χ1n) is 8.01. The number of H-pyrrole nitrogens is 1. The fourth-order valence-electron chi connectivity index (χ4n) is 3.08. The number of aromatic amines is 1. The van der Waals surface area contributed by atoms with E-state index in [-0.39, 0.29) is 17.7 Å². The summed E-state index contributed by atoms with van der Waals surface area (Å²) in [6.45, 7) is 7.65. The lowest BCUT2D eigenvalue weighted by atomic mass is 9.95. The Hall–Kier alpha value is -1.56. The van der Waals surface area contributed by atoms with Gasteiger partial charge in [0.15, 0.2) is 0 Å². The maximum atomic E-state index is 12.4. The molecule has 1 aromatic rings. The summed E-state index contributed by atoms with van der Waals surface area (Å²) < 4.78 is 5.43. The van der Waals surface area contributed by atoms with Crippen LogP contribution >= 0.6 is 0 Å². The molecule has 0 bridgehead atoms. The summed E-state index contributed by atoms with van der Waals surface area (Å²) in [5, 5.41) is 10.1. The Balaban J connectivity index is 1.87. The zero-order valence-corrected chi connectivity index (χ0v) is 14.1. The number of nitrogens with zero attached hydrogens (tertiary/aromatic N) is 2. The van der Waals surface area contributed by atoms with Gasteiger partial charge in [-0.25, -0.2) is 4.79 Å². The lowest BCUT2D eigenvalue weighted by Gasteiger charge is -2.34. The van der Waals surface area contributed by atoms with E-state index in [1.54, 1.807) is 13.3 Å². The highest BCUT2D eigenvalue weighted by Crippen LogP contribution is 2.25. The maximum absolute atomic E-state index is 12.4. The van der Waals surface area contributed by atoms with Crippen molar-refractivity contribution in [2.75, 3.05) is 20.2 Å². The SMILES string of the molecule is COC(C)(C)C[C@H](C)NC(=O)N1CCC[C@@H](c2ccn[nH]2)C1. The van der Waals surface area contributed by atoms with Crippen LogP contribution in [0.2, 0.25) is 0 Å². The topological polar surface area (TPSA) is 70.2 Å². The Morgan fingerprint density at radius 1 is 1.64 bits per heavy atom. The number of urea groups is 1. The van der Waals surface area contributed by atoms with E-state index in [1.807, 2.05) is 31.7 Å². The fourth-order valence-corrected chi connectivity index (χ4v) is 3.08. The summed E-state index contributed by atoms with van der Waals surface area (Å²) in [6, 6.07) is 2.09. The van der Waals surface area contributed by atoms with Gasteiger partial charge in [-0.2, -0.15) is 5.10 Å². The van der Waals surface area contributed by atoms with E-state index >= 15 is 0 Å². The number of amides is 2. The molecule has 0 unspecified atom stereocenters. The number of aromatic nitrogens is 2. The van der Waals surface area contributed by atoms with Crippen LogP contribution in [0.15, 0.2) is 12.3 Å². The third kappa shape index (κ3) is 4.47. The minimum absolute atomic E-state index is 0.0172. The molecule has 2 atom stereocenters. The van der Waals surface area contributed by atoms with Gasteiger partial charge in [0.1, 0.15) is 0 Å². The van der Waals surface area contributed by atoms with Crippen LogP contribution in [0.4, 0.5) is 4.79 Å². The Morgan fingerprint density at radius 3 is 3.05 bits per heavy atom. The van der Waals surface area contributed by atoms with Crippen LogP contribution in [-0.4, -0.2) is 53.0 Å². The molecule has 1 aromatic heterocycles. The van der Waals surface area contributed by atoms with Crippen molar-refractivity contribution in [3.05, 3.63) is 18.0 Å². The van der Waals surface area contributed by atoms with Crippen molar-refractivity contribution in [3.8, 4) is 0 Å². The van der Waals surface area contributed by atoms with Gasteiger partial charge in [0.2, 0.25) is 0 Å². The summed E-state index contributed by atoms with van der Waals surface area (Å²) in [4.78, 5) is 14.4. The number of hydrogen-bond acceptors (Lipinski definition) is 3. The van der Waals surface area contributed by atoms with Gasteiger partial charge in [0.25, 0.3) is 0 Å². The molecule has 2 N–H and O–H groups in total. The third-order valence-corrected chi connectivity index (χ3v) is 4.39. The second-order valence-corrected chi connectivity index (χ2v) is 6.82. The summed E-state index contributed by atoms with van der Waals surface area (Å²) in [5.41, 5.74) is 0.888. The van der Waals surface area contributed by atoms with Gasteiger partial charge < -0.3 is 15.0 Å².